The number of halogens is 5. The molecule has 1 N–H and O–H groups in total. The Kier molecular flexibility index (Phi) is 14.5. The molecule has 2 fully saturated rings. The zero-order valence-electron chi connectivity index (χ0n) is 32.9. The van der Waals surface area contributed by atoms with Gasteiger partial charge in [-0.2, -0.15) is 8.78 Å². The zero-order chi connectivity index (χ0) is 42.1. The second kappa shape index (κ2) is 19.7. The molecule has 0 radical (unpaired) electrons. The van der Waals surface area contributed by atoms with Gasteiger partial charge in [0.05, 0.1) is 51.0 Å². The maximum Gasteiger partial charge on any atom is 0.313 e. The van der Waals surface area contributed by atoms with Crippen LogP contribution >= 0.6 is 0 Å². The Morgan fingerprint density at radius 3 is 2.10 bits per heavy atom. The van der Waals surface area contributed by atoms with Crippen molar-refractivity contribution in [3.63, 3.8) is 0 Å². The molecular weight excluding hydrogens is 777 g/mol. The lowest BCUT2D eigenvalue weighted by atomic mass is 9.65. The molecule has 1 saturated carbocycles. The van der Waals surface area contributed by atoms with Crippen LogP contribution in [0.1, 0.15) is 81.4 Å². The molecule has 3 aromatic carbocycles. The first-order valence-corrected chi connectivity index (χ1v) is 20.0. The van der Waals surface area contributed by atoms with Crippen molar-refractivity contribution in [2.24, 2.45) is 11.3 Å². The number of carbonyl (C=O) groups is 4. The van der Waals surface area contributed by atoms with Crippen molar-refractivity contribution < 1.29 is 55.3 Å². The van der Waals surface area contributed by atoms with Crippen molar-refractivity contribution in [2.45, 2.75) is 77.4 Å². The third-order valence-corrected chi connectivity index (χ3v) is 11.5. The van der Waals surface area contributed by atoms with Crippen LogP contribution < -0.4 is 15.0 Å². The number of likely N-dealkylation sites (tertiary alicyclic amines) is 1. The third kappa shape index (κ3) is 10.7. The summed E-state index contributed by atoms with van der Waals surface area (Å²) >= 11 is 0. The molecule has 2 heterocycles. The maximum absolute atomic E-state index is 13.7. The van der Waals surface area contributed by atoms with E-state index in [1.807, 2.05) is 59.5 Å². The van der Waals surface area contributed by atoms with Crippen LogP contribution in [0.25, 0.3) is 12.2 Å². The fourth-order valence-corrected chi connectivity index (χ4v) is 8.01. The maximum atomic E-state index is 13.7. The minimum absolute atomic E-state index is 0.0127. The number of amides is 3. The number of para-hydroxylation sites is 1. The Balaban J connectivity index is 0.844. The fraction of sp³-hybridized carbons (Fsp3) is 0.455. The Bertz CT molecular complexity index is 2020. The summed E-state index contributed by atoms with van der Waals surface area (Å²) in [5, 5.41) is 3.02. The molecule has 0 aromatic heterocycles. The predicted octanol–water partition coefficient (Wildman–Crippen LogP) is 7.51. The highest BCUT2D eigenvalue weighted by atomic mass is 19.2. The van der Waals surface area contributed by atoms with E-state index in [9.17, 15) is 41.1 Å². The second-order valence-corrected chi connectivity index (χ2v) is 15.4. The number of nitrogens with zero attached hydrogens (tertiary/aromatic N) is 2. The number of rotatable bonds is 14. The van der Waals surface area contributed by atoms with Crippen LogP contribution in [-0.2, 0) is 35.2 Å². The SMILES string of the molecule is CC(CC(=O)N1CCC2(CCC(C(=O)NCCC(=O)N3Cc4ccccc4/C=C\c4ccccc43)CC2)CC1)OCCOCCC(=O)Oc1c(F)c(F)c(F)c(F)c1F. The molecule has 1 aliphatic carbocycles. The summed E-state index contributed by atoms with van der Waals surface area (Å²) in [5.41, 5.74) is 4.02. The van der Waals surface area contributed by atoms with Crippen LogP contribution in [-0.4, -0.2) is 74.1 Å². The second-order valence-electron chi connectivity index (χ2n) is 15.4. The molecule has 3 aromatic rings. The van der Waals surface area contributed by atoms with Crippen LogP contribution in [0.15, 0.2) is 48.5 Å². The summed E-state index contributed by atoms with van der Waals surface area (Å²) in [5.74, 6) is -14.5. The monoisotopic (exact) mass is 825 g/mol. The number of hydrogen-bond acceptors (Lipinski definition) is 7. The van der Waals surface area contributed by atoms with Gasteiger partial charge in [0, 0.05) is 32.0 Å². The summed E-state index contributed by atoms with van der Waals surface area (Å²) in [6.45, 7) is 3.52. The van der Waals surface area contributed by atoms with Gasteiger partial charge in [0.25, 0.3) is 0 Å². The van der Waals surface area contributed by atoms with Gasteiger partial charge in [0.15, 0.2) is 0 Å². The normalized spacial score (nSPS) is 17.3. The number of benzene rings is 3. The van der Waals surface area contributed by atoms with E-state index in [-0.39, 0.29) is 68.3 Å². The number of piperidine rings is 1. The van der Waals surface area contributed by atoms with Gasteiger partial charge >= 0.3 is 5.97 Å². The van der Waals surface area contributed by atoms with Crippen molar-refractivity contribution in [2.75, 3.05) is 44.4 Å². The molecule has 1 saturated heterocycles. The lowest BCUT2D eigenvalue weighted by Crippen LogP contribution is -2.46. The highest BCUT2D eigenvalue weighted by molar-refractivity contribution is 5.97. The first-order valence-electron chi connectivity index (χ1n) is 20.0. The van der Waals surface area contributed by atoms with Gasteiger partial charge in [-0.3, -0.25) is 19.2 Å². The Labute approximate surface area is 339 Å². The van der Waals surface area contributed by atoms with Gasteiger partial charge in [-0.1, -0.05) is 54.6 Å². The van der Waals surface area contributed by atoms with E-state index in [1.165, 1.54) is 0 Å². The molecule has 6 rings (SSSR count). The summed E-state index contributed by atoms with van der Waals surface area (Å²) in [6, 6.07) is 15.8. The van der Waals surface area contributed by atoms with Crippen molar-refractivity contribution >= 4 is 41.5 Å². The van der Waals surface area contributed by atoms with E-state index in [2.05, 4.69) is 16.1 Å². The van der Waals surface area contributed by atoms with Crippen molar-refractivity contribution in [3.05, 3.63) is 94.3 Å². The Hall–Kier alpha value is -5.15. The Morgan fingerprint density at radius 2 is 1.39 bits per heavy atom. The molecule has 3 amide bonds. The summed E-state index contributed by atoms with van der Waals surface area (Å²) in [4.78, 5) is 55.3. The molecule has 316 valence electrons. The third-order valence-electron chi connectivity index (χ3n) is 11.5. The standard InChI is InChI=1S/C44H48F5N3O7/c1-28(58-25-24-57-23-15-36(55)59-42-40(48)38(46)37(45)39(47)41(42)49)26-35(54)51-21-18-44(19-22-51)16-12-31(13-17-44)43(56)50-20-14-34(53)52-27-32-8-3-2-6-29(32)10-11-30-7-4-5-9-33(30)52/h2-11,28,31H,12-27H2,1H3,(H,50,56)/b11-10-. The molecule has 15 heteroatoms. The van der Waals surface area contributed by atoms with Gasteiger partial charge in [0.2, 0.25) is 52.6 Å². The quantitative estimate of drug-likeness (QED) is 0.0447. The largest absolute Gasteiger partial charge is 0.420 e. The molecule has 2 aliphatic heterocycles. The molecule has 0 bridgehead atoms. The zero-order valence-corrected chi connectivity index (χ0v) is 32.9. The average molecular weight is 826 g/mol. The average Bonchev–Trinajstić information content (AvgIpc) is 3.23. The fourth-order valence-electron chi connectivity index (χ4n) is 8.01. The van der Waals surface area contributed by atoms with E-state index in [4.69, 9.17) is 9.47 Å². The van der Waals surface area contributed by atoms with Crippen LogP contribution in [0.2, 0.25) is 0 Å². The smallest absolute Gasteiger partial charge is 0.313 e. The number of esters is 1. The summed E-state index contributed by atoms with van der Waals surface area (Å²) < 4.78 is 82.5. The van der Waals surface area contributed by atoms with E-state index in [0.29, 0.717) is 19.6 Å². The molecule has 1 unspecified atom stereocenters. The van der Waals surface area contributed by atoms with Gasteiger partial charge in [-0.05, 0) is 73.6 Å². The van der Waals surface area contributed by atoms with Crippen molar-refractivity contribution in [3.8, 4) is 5.75 Å². The van der Waals surface area contributed by atoms with E-state index < -0.39 is 53.3 Å². The van der Waals surface area contributed by atoms with Gasteiger partial charge in [-0.15, -0.1) is 0 Å². The lowest BCUT2D eigenvalue weighted by molar-refractivity contribution is -0.138. The molecule has 1 spiro atoms. The first kappa shape index (κ1) is 43.4. The summed E-state index contributed by atoms with van der Waals surface area (Å²) in [7, 11) is 0. The number of hydrogen-bond donors (Lipinski definition) is 1. The Morgan fingerprint density at radius 1 is 0.763 bits per heavy atom. The van der Waals surface area contributed by atoms with Gasteiger partial charge in [-0.25, -0.2) is 13.2 Å². The molecular formula is C44H48F5N3O7. The van der Waals surface area contributed by atoms with Gasteiger partial charge in [0.1, 0.15) is 0 Å². The number of fused-ring (bicyclic) bond motifs is 2. The highest BCUT2D eigenvalue weighted by Gasteiger charge is 2.40. The van der Waals surface area contributed by atoms with Crippen LogP contribution in [0, 0.1) is 40.4 Å². The van der Waals surface area contributed by atoms with E-state index in [0.717, 1.165) is 60.9 Å². The van der Waals surface area contributed by atoms with Crippen LogP contribution in [0.3, 0.4) is 0 Å². The minimum atomic E-state index is -2.36. The molecule has 1 atom stereocenters. The van der Waals surface area contributed by atoms with Crippen molar-refractivity contribution in [1.82, 2.24) is 10.2 Å². The topological polar surface area (TPSA) is 114 Å². The number of anilines is 1. The number of ether oxygens (including phenoxy) is 3. The number of carbonyl (C=O) groups excluding carboxylic acids is 4. The molecule has 10 nitrogen and oxygen atoms in total. The molecule has 59 heavy (non-hydrogen) atoms. The first-order chi connectivity index (χ1) is 28.4. The van der Waals surface area contributed by atoms with E-state index >= 15 is 0 Å². The van der Waals surface area contributed by atoms with Crippen LogP contribution in [0.4, 0.5) is 27.6 Å². The lowest BCUT2D eigenvalue weighted by Gasteiger charge is -2.45. The molecule has 3 aliphatic rings. The highest BCUT2D eigenvalue weighted by Crippen LogP contribution is 2.46. The minimum Gasteiger partial charge on any atom is -0.420 e. The van der Waals surface area contributed by atoms with Crippen LogP contribution in [0.5, 0.6) is 5.75 Å². The van der Waals surface area contributed by atoms with Gasteiger partial charge < -0.3 is 29.3 Å². The van der Waals surface area contributed by atoms with E-state index in [1.54, 1.807) is 11.8 Å². The predicted molar refractivity (Wildman–Crippen MR) is 208 cm³/mol. The van der Waals surface area contributed by atoms with Crippen molar-refractivity contribution in [1.29, 1.82) is 0 Å². The summed E-state index contributed by atoms with van der Waals surface area (Å²) in [6.07, 6.45) is 8.52. The number of nitrogens with one attached hydrogen (secondary N) is 1.